The van der Waals surface area contributed by atoms with Crippen LogP contribution in [0.3, 0.4) is 0 Å². The molecule has 2 aromatic carbocycles. The Morgan fingerprint density at radius 1 is 1.19 bits per heavy atom. The van der Waals surface area contributed by atoms with Gasteiger partial charge in [-0.15, -0.1) is 13.2 Å². The number of rotatable bonds is 6. The van der Waals surface area contributed by atoms with E-state index in [1.165, 1.54) is 36.4 Å². The first kappa shape index (κ1) is 18.2. The molecule has 0 spiro atoms. The van der Waals surface area contributed by atoms with Gasteiger partial charge in [-0.25, -0.2) is 0 Å². The predicted octanol–water partition coefficient (Wildman–Crippen LogP) is 4.16. The Hall–Kier alpha value is -3.63. The summed E-state index contributed by atoms with van der Waals surface area (Å²) >= 11 is 0. The molecule has 140 valence electrons. The van der Waals surface area contributed by atoms with E-state index in [9.17, 15) is 23.3 Å². The second-order valence-electron chi connectivity index (χ2n) is 5.25. The number of halogens is 3. The van der Waals surface area contributed by atoms with Crippen LogP contribution in [0, 0.1) is 10.1 Å². The number of non-ortho nitro benzene ring substituents is 1. The third-order valence-electron chi connectivity index (χ3n) is 3.29. The maximum absolute atomic E-state index is 12.2. The van der Waals surface area contributed by atoms with Crippen molar-refractivity contribution >= 4 is 11.4 Å². The normalized spacial score (nSPS) is 11.2. The Balaban J connectivity index is 1.67. The van der Waals surface area contributed by atoms with E-state index in [0.29, 0.717) is 11.3 Å². The van der Waals surface area contributed by atoms with Crippen LogP contribution in [0.15, 0.2) is 53.1 Å². The predicted molar refractivity (Wildman–Crippen MR) is 86.8 cm³/mol. The summed E-state index contributed by atoms with van der Waals surface area (Å²) in [5, 5.41) is 17.4. The quantitative estimate of drug-likeness (QED) is 0.506. The number of alkyl halides is 3. The number of hydrogen-bond acceptors (Lipinski definition) is 7. The first-order valence-corrected chi connectivity index (χ1v) is 7.47. The van der Waals surface area contributed by atoms with Crippen LogP contribution >= 0.6 is 0 Å². The summed E-state index contributed by atoms with van der Waals surface area (Å²) in [6, 6.07) is 11.0. The molecule has 0 aliphatic rings. The Kier molecular flexibility index (Phi) is 4.92. The topological polar surface area (TPSA) is 103 Å². The highest BCUT2D eigenvalue weighted by Crippen LogP contribution is 2.25. The summed E-state index contributed by atoms with van der Waals surface area (Å²) in [6.45, 7) is 0.0391. The van der Waals surface area contributed by atoms with Crippen LogP contribution in [0.1, 0.15) is 5.89 Å². The van der Waals surface area contributed by atoms with E-state index in [2.05, 4.69) is 20.2 Å². The minimum absolute atomic E-state index is 0.0391. The molecule has 3 aromatic rings. The first-order chi connectivity index (χ1) is 12.8. The second-order valence-corrected chi connectivity index (χ2v) is 5.25. The molecule has 27 heavy (non-hydrogen) atoms. The summed E-state index contributed by atoms with van der Waals surface area (Å²) in [7, 11) is 0. The zero-order valence-electron chi connectivity index (χ0n) is 13.4. The highest BCUT2D eigenvalue weighted by Gasteiger charge is 2.31. The number of nitrogens with one attached hydrogen (secondary N) is 1. The van der Waals surface area contributed by atoms with E-state index in [4.69, 9.17) is 4.52 Å². The fourth-order valence-electron chi connectivity index (χ4n) is 2.18. The van der Waals surface area contributed by atoms with Gasteiger partial charge >= 0.3 is 6.36 Å². The van der Waals surface area contributed by atoms with Crippen molar-refractivity contribution in [3.63, 3.8) is 0 Å². The molecule has 11 heteroatoms. The van der Waals surface area contributed by atoms with Gasteiger partial charge < -0.3 is 14.6 Å². The molecule has 1 aromatic heterocycles. The molecule has 1 N–H and O–H groups in total. The molecular formula is C16H11F3N4O4. The van der Waals surface area contributed by atoms with E-state index in [-0.39, 0.29) is 29.7 Å². The molecule has 0 aliphatic heterocycles. The van der Waals surface area contributed by atoms with Crippen molar-refractivity contribution in [3.8, 4) is 17.1 Å². The number of nitro groups is 1. The van der Waals surface area contributed by atoms with Gasteiger partial charge in [0.25, 0.3) is 5.69 Å². The summed E-state index contributed by atoms with van der Waals surface area (Å²) in [4.78, 5) is 14.4. The van der Waals surface area contributed by atoms with Gasteiger partial charge in [0.15, 0.2) is 0 Å². The summed E-state index contributed by atoms with van der Waals surface area (Å²) in [5.74, 6) is -0.0568. The Morgan fingerprint density at radius 2 is 1.96 bits per heavy atom. The van der Waals surface area contributed by atoms with Crippen LogP contribution in [-0.4, -0.2) is 21.4 Å². The Bertz CT molecular complexity index is 959. The summed E-state index contributed by atoms with van der Waals surface area (Å²) < 4.78 is 45.6. The van der Waals surface area contributed by atoms with E-state index in [1.54, 1.807) is 12.1 Å². The molecule has 0 saturated heterocycles. The average Bonchev–Trinajstić information content (AvgIpc) is 3.08. The van der Waals surface area contributed by atoms with Gasteiger partial charge in [0.1, 0.15) is 5.75 Å². The van der Waals surface area contributed by atoms with Crippen LogP contribution in [0.5, 0.6) is 5.75 Å². The lowest BCUT2D eigenvalue weighted by Crippen LogP contribution is -2.17. The number of benzene rings is 2. The van der Waals surface area contributed by atoms with Crippen molar-refractivity contribution in [2.45, 2.75) is 12.9 Å². The number of aromatic nitrogens is 2. The second kappa shape index (κ2) is 7.32. The molecule has 8 nitrogen and oxygen atoms in total. The van der Waals surface area contributed by atoms with Gasteiger partial charge in [-0.1, -0.05) is 23.4 Å². The third kappa shape index (κ3) is 4.93. The van der Waals surface area contributed by atoms with Gasteiger partial charge in [-0.05, 0) is 12.1 Å². The SMILES string of the molecule is O=[N+]([O-])c1cccc(-c2noc(CNc3cccc(OC(F)(F)F)c3)n2)c1. The van der Waals surface area contributed by atoms with E-state index < -0.39 is 11.3 Å². The fraction of sp³-hybridized carbons (Fsp3) is 0.125. The van der Waals surface area contributed by atoms with Gasteiger partial charge in [0.2, 0.25) is 11.7 Å². The molecule has 0 aliphatic carbocycles. The van der Waals surface area contributed by atoms with E-state index in [1.807, 2.05) is 0 Å². The lowest BCUT2D eigenvalue weighted by atomic mass is 10.2. The van der Waals surface area contributed by atoms with Crippen molar-refractivity contribution in [3.05, 3.63) is 64.5 Å². The number of ether oxygens (including phenoxy) is 1. The maximum atomic E-state index is 12.2. The Morgan fingerprint density at radius 3 is 2.70 bits per heavy atom. The van der Waals surface area contributed by atoms with Crippen molar-refractivity contribution in [2.75, 3.05) is 5.32 Å². The van der Waals surface area contributed by atoms with Crippen LogP contribution in [0.4, 0.5) is 24.5 Å². The van der Waals surface area contributed by atoms with Gasteiger partial charge in [0, 0.05) is 29.4 Å². The van der Waals surface area contributed by atoms with Crippen molar-refractivity contribution in [2.24, 2.45) is 0 Å². The van der Waals surface area contributed by atoms with Crippen LogP contribution in [-0.2, 0) is 6.54 Å². The lowest BCUT2D eigenvalue weighted by molar-refractivity contribution is -0.384. The summed E-state index contributed by atoms with van der Waals surface area (Å²) in [6.07, 6.45) is -4.78. The van der Waals surface area contributed by atoms with Crippen LogP contribution < -0.4 is 10.1 Å². The monoisotopic (exact) mass is 380 g/mol. The fourth-order valence-corrected chi connectivity index (χ4v) is 2.18. The van der Waals surface area contributed by atoms with Crippen LogP contribution in [0.25, 0.3) is 11.4 Å². The Labute approximate surface area is 149 Å². The van der Waals surface area contributed by atoms with Gasteiger partial charge in [0.05, 0.1) is 11.5 Å². The highest BCUT2D eigenvalue weighted by molar-refractivity contribution is 5.58. The third-order valence-corrected chi connectivity index (χ3v) is 3.29. The minimum atomic E-state index is -4.78. The molecule has 0 fully saturated rings. The standard InChI is InChI=1S/C16H11F3N4O4/c17-16(18,19)26-13-6-2-4-11(8-13)20-9-14-21-15(22-27-14)10-3-1-5-12(7-10)23(24)25/h1-8,20H,9H2. The highest BCUT2D eigenvalue weighted by atomic mass is 19.4. The van der Waals surface area contributed by atoms with Crippen molar-refractivity contribution in [1.29, 1.82) is 0 Å². The molecule has 0 atom stereocenters. The molecule has 0 amide bonds. The number of anilines is 1. The van der Waals surface area contributed by atoms with E-state index >= 15 is 0 Å². The van der Waals surface area contributed by atoms with E-state index in [0.717, 1.165) is 0 Å². The molecule has 0 bridgehead atoms. The molecule has 1 heterocycles. The number of nitrogens with zero attached hydrogens (tertiary/aromatic N) is 3. The number of hydrogen-bond donors (Lipinski definition) is 1. The molecule has 3 rings (SSSR count). The zero-order chi connectivity index (χ0) is 19.4. The average molecular weight is 380 g/mol. The number of nitro benzene ring substituents is 1. The largest absolute Gasteiger partial charge is 0.573 e. The zero-order valence-corrected chi connectivity index (χ0v) is 13.4. The molecule has 0 saturated carbocycles. The van der Waals surface area contributed by atoms with Crippen molar-refractivity contribution in [1.82, 2.24) is 10.1 Å². The summed E-state index contributed by atoms with van der Waals surface area (Å²) in [5.41, 5.74) is 0.644. The first-order valence-electron chi connectivity index (χ1n) is 7.47. The van der Waals surface area contributed by atoms with Gasteiger partial charge in [-0.3, -0.25) is 10.1 Å². The van der Waals surface area contributed by atoms with Crippen LogP contribution in [0.2, 0.25) is 0 Å². The lowest BCUT2D eigenvalue weighted by Gasteiger charge is -2.10. The van der Waals surface area contributed by atoms with Gasteiger partial charge in [-0.2, -0.15) is 4.98 Å². The smallest absolute Gasteiger partial charge is 0.406 e. The van der Waals surface area contributed by atoms with Crippen molar-refractivity contribution < 1.29 is 27.4 Å². The molecule has 0 radical (unpaired) electrons. The maximum Gasteiger partial charge on any atom is 0.573 e. The minimum Gasteiger partial charge on any atom is -0.406 e. The molecular weight excluding hydrogens is 369 g/mol. The molecule has 0 unspecified atom stereocenters.